The van der Waals surface area contributed by atoms with Crippen LogP contribution in [0.25, 0.3) is 10.9 Å². The van der Waals surface area contributed by atoms with Gasteiger partial charge in [0, 0.05) is 28.1 Å². The predicted octanol–water partition coefficient (Wildman–Crippen LogP) is 5.10. The Labute approximate surface area is 135 Å². The molecule has 2 aromatic heterocycles. The molecule has 3 rings (SSSR count). The number of nitrogens with zero attached hydrogens (tertiary/aromatic N) is 4. The lowest BCUT2D eigenvalue weighted by molar-refractivity contribution is 0.558. The molecule has 1 aromatic carbocycles. The van der Waals surface area contributed by atoms with Crippen molar-refractivity contribution in [3.8, 4) is 0 Å². The predicted molar refractivity (Wildman–Crippen MR) is 92.0 cm³/mol. The van der Waals surface area contributed by atoms with Crippen molar-refractivity contribution in [2.45, 2.75) is 39.2 Å². The van der Waals surface area contributed by atoms with Crippen LogP contribution in [0, 0.1) is 0 Å². The average Bonchev–Trinajstić information content (AvgIpc) is 2.96. The van der Waals surface area contributed by atoms with E-state index in [9.17, 15) is 0 Å². The standard InChI is InChI=1S/C18H21N5/c1-12(14-11-19-15-8-6-5-7-13(14)15)20-22-17-10-9-16(21-23-17)18(2,3)4/h5-12,19H,1-4H3. The van der Waals surface area contributed by atoms with E-state index in [0.29, 0.717) is 5.82 Å². The van der Waals surface area contributed by atoms with E-state index in [1.807, 2.05) is 37.4 Å². The van der Waals surface area contributed by atoms with Gasteiger partial charge in [0.15, 0.2) is 5.82 Å². The molecule has 0 amide bonds. The maximum Gasteiger partial charge on any atom is 0.195 e. The third-order valence-corrected chi connectivity index (χ3v) is 3.82. The minimum absolute atomic E-state index is 0.0139. The molecule has 0 spiro atoms. The second-order valence-corrected chi connectivity index (χ2v) is 6.71. The van der Waals surface area contributed by atoms with E-state index < -0.39 is 0 Å². The van der Waals surface area contributed by atoms with Crippen molar-refractivity contribution in [2.24, 2.45) is 10.2 Å². The second kappa shape index (κ2) is 5.91. The normalized spacial score (nSPS) is 13.7. The van der Waals surface area contributed by atoms with Crippen LogP contribution in [0.15, 0.2) is 52.8 Å². The molecule has 1 unspecified atom stereocenters. The zero-order valence-electron chi connectivity index (χ0n) is 13.9. The van der Waals surface area contributed by atoms with Gasteiger partial charge in [-0.15, -0.1) is 10.2 Å². The lowest BCUT2D eigenvalue weighted by atomic mass is 9.92. The number of azo groups is 1. The Bertz CT molecular complexity index is 824. The summed E-state index contributed by atoms with van der Waals surface area (Å²) in [7, 11) is 0. The lowest BCUT2D eigenvalue weighted by Gasteiger charge is -2.15. The molecule has 1 atom stereocenters. The second-order valence-electron chi connectivity index (χ2n) is 6.71. The maximum absolute atomic E-state index is 4.38. The highest BCUT2D eigenvalue weighted by molar-refractivity contribution is 5.83. The summed E-state index contributed by atoms with van der Waals surface area (Å²) in [6, 6.07) is 12.0. The van der Waals surface area contributed by atoms with Gasteiger partial charge in [-0.3, -0.25) is 0 Å². The van der Waals surface area contributed by atoms with Crippen LogP contribution in [0.1, 0.15) is 45.0 Å². The third-order valence-electron chi connectivity index (χ3n) is 3.82. The van der Waals surface area contributed by atoms with Gasteiger partial charge < -0.3 is 4.98 Å². The molecule has 5 heteroatoms. The molecule has 2 heterocycles. The molecule has 118 valence electrons. The molecular weight excluding hydrogens is 286 g/mol. The Hall–Kier alpha value is -2.56. The molecule has 0 saturated carbocycles. The van der Waals surface area contributed by atoms with Crippen molar-refractivity contribution in [3.05, 3.63) is 53.9 Å². The fraction of sp³-hybridized carbons (Fsp3) is 0.333. The van der Waals surface area contributed by atoms with Gasteiger partial charge in [-0.1, -0.05) is 39.0 Å². The Balaban J connectivity index is 1.79. The smallest absolute Gasteiger partial charge is 0.195 e. The van der Waals surface area contributed by atoms with Gasteiger partial charge in [0.25, 0.3) is 0 Å². The highest BCUT2D eigenvalue weighted by Crippen LogP contribution is 2.27. The highest BCUT2D eigenvalue weighted by Gasteiger charge is 2.15. The Morgan fingerprint density at radius 1 is 1.04 bits per heavy atom. The molecular formula is C18H21N5. The number of H-pyrrole nitrogens is 1. The number of para-hydroxylation sites is 1. The van der Waals surface area contributed by atoms with Crippen molar-refractivity contribution >= 4 is 16.7 Å². The molecule has 0 fully saturated rings. The number of fused-ring (bicyclic) bond motifs is 1. The Morgan fingerprint density at radius 3 is 2.52 bits per heavy atom. The lowest BCUT2D eigenvalue weighted by Crippen LogP contribution is -2.13. The fourth-order valence-corrected chi connectivity index (χ4v) is 2.43. The number of hydrogen-bond donors (Lipinski definition) is 1. The van der Waals surface area contributed by atoms with Gasteiger partial charge in [-0.2, -0.15) is 10.2 Å². The third kappa shape index (κ3) is 3.28. The zero-order valence-corrected chi connectivity index (χ0v) is 13.9. The fourth-order valence-electron chi connectivity index (χ4n) is 2.43. The molecule has 0 radical (unpaired) electrons. The summed E-state index contributed by atoms with van der Waals surface area (Å²) in [4.78, 5) is 3.26. The van der Waals surface area contributed by atoms with E-state index in [4.69, 9.17) is 0 Å². The topological polar surface area (TPSA) is 66.3 Å². The minimum Gasteiger partial charge on any atom is -0.361 e. The number of hydrogen-bond acceptors (Lipinski definition) is 4. The zero-order chi connectivity index (χ0) is 16.4. The van der Waals surface area contributed by atoms with E-state index in [2.05, 4.69) is 58.3 Å². The minimum atomic E-state index is -0.0461. The van der Waals surface area contributed by atoms with E-state index in [0.717, 1.165) is 16.8 Å². The van der Waals surface area contributed by atoms with Gasteiger partial charge in [-0.05, 0) is 25.1 Å². The van der Waals surface area contributed by atoms with Crippen molar-refractivity contribution in [2.75, 3.05) is 0 Å². The van der Waals surface area contributed by atoms with Crippen LogP contribution in [0.3, 0.4) is 0 Å². The van der Waals surface area contributed by atoms with Gasteiger partial charge >= 0.3 is 0 Å². The van der Waals surface area contributed by atoms with E-state index >= 15 is 0 Å². The van der Waals surface area contributed by atoms with Crippen molar-refractivity contribution < 1.29 is 0 Å². The summed E-state index contributed by atoms with van der Waals surface area (Å²) in [5, 5.41) is 18.2. The van der Waals surface area contributed by atoms with Crippen LogP contribution in [0.4, 0.5) is 5.82 Å². The Kier molecular flexibility index (Phi) is 3.94. The first-order valence-electron chi connectivity index (χ1n) is 7.76. The Morgan fingerprint density at radius 2 is 1.83 bits per heavy atom. The molecule has 0 bridgehead atoms. The molecule has 3 aromatic rings. The van der Waals surface area contributed by atoms with E-state index in [1.165, 1.54) is 5.39 Å². The van der Waals surface area contributed by atoms with Crippen LogP contribution >= 0.6 is 0 Å². The average molecular weight is 307 g/mol. The molecule has 0 saturated heterocycles. The summed E-state index contributed by atoms with van der Waals surface area (Å²) in [5.41, 5.74) is 3.17. The van der Waals surface area contributed by atoms with Crippen molar-refractivity contribution in [1.82, 2.24) is 15.2 Å². The molecule has 23 heavy (non-hydrogen) atoms. The first-order chi connectivity index (χ1) is 10.9. The quantitative estimate of drug-likeness (QED) is 0.684. The molecule has 1 N–H and O–H groups in total. The van der Waals surface area contributed by atoms with Crippen LogP contribution in [0.2, 0.25) is 0 Å². The highest BCUT2D eigenvalue weighted by atomic mass is 15.2. The number of aromatic nitrogens is 3. The van der Waals surface area contributed by atoms with Gasteiger partial charge in [0.1, 0.15) is 0 Å². The first-order valence-corrected chi connectivity index (χ1v) is 7.76. The van der Waals surface area contributed by atoms with Gasteiger partial charge in [0.2, 0.25) is 0 Å². The summed E-state index contributed by atoms with van der Waals surface area (Å²) >= 11 is 0. The van der Waals surface area contributed by atoms with Crippen LogP contribution in [0.5, 0.6) is 0 Å². The molecule has 0 aliphatic rings. The monoisotopic (exact) mass is 307 g/mol. The summed E-state index contributed by atoms with van der Waals surface area (Å²) in [6.07, 6.45) is 1.99. The van der Waals surface area contributed by atoms with Crippen LogP contribution < -0.4 is 0 Å². The van der Waals surface area contributed by atoms with E-state index in [-0.39, 0.29) is 11.5 Å². The summed E-state index contributed by atoms with van der Waals surface area (Å²) in [5.74, 6) is 0.532. The number of nitrogens with one attached hydrogen (secondary N) is 1. The van der Waals surface area contributed by atoms with Crippen LogP contribution in [-0.4, -0.2) is 15.2 Å². The molecule has 0 aliphatic heterocycles. The first kappa shape index (κ1) is 15.3. The van der Waals surface area contributed by atoms with Gasteiger partial charge in [0.05, 0.1) is 11.7 Å². The largest absolute Gasteiger partial charge is 0.361 e. The summed E-state index contributed by atoms with van der Waals surface area (Å²) in [6.45, 7) is 8.35. The molecule has 5 nitrogen and oxygen atoms in total. The maximum atomic E-state index is 4.38. The van der Waals surface area contributed by atoms with E-state index in [1.54, 1.807) is 0 Å². The van der Waals surface area contributed by atoms with Crippen LogP contribution in [-0.2, 0) is 5.41 Å². The van der Waals surface area contributed by atoms with Gasteiger partial charge in [-0.25, -0.2) is 0 Å². The SMILES string of the molecule is CC(N=Nc1ccc(C(C)(C)C)nn1)c1c[nH]c2ccccc12. The van der Waals surface area contributed by atoms with Crippen molar-refractivity contribution in [1.29, 1.82) is 0 Å². The number of benzene rings is 1. The van der Waals surface area contributed by atoms with Crippen molar-refractivity contribution in [3.63, 3.8) is 0 Å². The number of aromatic amines is 1. The number of rotatable bonds is 3. The molecule has 0 aliphatic carbocycles. The summed E-state index contributed by atoms with van der Waals surface area (Å²) < 4.78 is 0.